The Morgan fingerprint density at radius 2 is 2.00 bits per heavy atom. The second-order valence-electron chi connectivity index (χ2n) is 3.55. The molecule has 0 aliphatic rings. The van der Waals surface area contributed by atoms with Crippen LogP contribution in [0.2, 0.25) is 0 Å². The molecule has 0 radical (unpaired) electrons. The summed E-state index contributed by atoms with van der Waals surface area (Å²) in [4.78, 5) is 11.7. The van der Waals surface area contributed by atoms with E-state index in [1.165, 1.54) is 0 Å². The molecule has 0 saturated carbocycles. The Balaban J connectivity index is 2.80. The second-order valence-corrected chi connectivity index (χ2v) is 4.47. The summed E-state index contributed by atoms with van der Waals surface area (Å²) in [6, 6.07) is 4.71. The van der Waals surface area contributed by atoms with Gasteiger partial charge in [-0.25, -0.2) is 0 Å². The van der Waals surface area contributed by atoms with Gasteiger partial charge in [0.15, 0.2) is 0 Å². The van der Waals surface area contributed by atoms with E-state index in [4.69, 9.17) is 10.2 Å². The number of halogens is 1. The summed E-state index contributed by atoms with van der Waals surface area (Å²) in [5.74, 6) is -0.308. The first-order chi connectivity index (χ1) is 7.56. The third-order valence-corrected chi connectivity index (χ3v) is 2.54. The minimum atomic E-state index is -0.619. The first kappa shape index (κ1) is 13.2. The number of hydrogen-bond acceptors (Lipinski definition) is 3. The van der Waals surface area contributed by atoms with E-state index in [0.29, 0.717) is 5.56 Å². The zero-order valence-corrected chi connectivity index (χ0v) is 10.5. The maximum Gasteiger partial charge on any atom is 0.251 e. The lowest BCUT2D eigenvalue weighted by Crippen LogP contribution is -2.40. The number of aliphatic hydroxyl groups excluding tert-OH is 2. The molecule has 0 unspecified atom stereocenters. The van der Waals surface area contributed by atoms with Crippen LogP contribution in [0.4, 0.5) is 0 Å². The van der Waals surface area contributed by atoms with Crippen LogP contribution in [0, 0.1) is 6.92 Å². The molecule has 0 aliphatic carbocycles. The number of aryl methyl sites for hydroxylation is 1. The summed E-state index contributed by atoms with van der Waals surface area (Å²) >= 11 is 3.30. The average Bonchev–Trinajstić information content (AvgIpc) is 2.24. The molecule has 0 spiro atoms. The monoisotopic (exact) mass is 287 g/mol. The molecule has 0 aliphatic heterocycles. The summed E-state index contributed by atoms with van der Waals surface area (Å²) in [6.45, 7) is 1.32. The molecule has 1 amide bonds. The van der Waals surface area contributed by atoms with Gasteiger partial charge < -0.3 is 15.5 Å². The molecule has 0 aromatic heterocycles. The van der Waals surface area contributed by atoms with Crippen LogP contribution in [0.25, 0.3) is 0 Å². The van der Waals surface area contributed by atoms with Crippen molar-refractivity contribution in [2.75, 3.05) is 13.2 Å². The maximum atomic E-state index is 11.7. The zero-order valence-electron chi connectivity index (χ0n) is 8.90. The molecule has 0 bridgehead atoms. The largest absolute Gasteiger partial charge is 0.394 e. The van der Waals surface area contributed by atoms with Gasteiger partial charge in [-0.2, -0.15) is 0 Å². The van der Waals surface area contributed by atoms with E-state index in [1.807, 2.05) is 13.0 Å². The highest BCUT2D eigenvalue weighted by atomic mass is 79.9. The van der Waals surface area contributed by atoms with Gasteiger partial charge in [-0.05, 0) is 30.7 Å². The Labute approximate surface area is 102 Å². The van der Waals surface area contributed by atoms with E-state index in [0.717, 1.165) is 10.0 Å². The highest BCUT2D eigenvalue weighted by Gasteiger charge is 2.12. The molecule has 0 fully saturated rings. The third-order valence-electron chi connectivity index (χ3n) is 2.08. The van der Waals surface area contributed by atoms with Crippen LogP contribution >= 0.6 is 15.9 Å². The van der Waals surface area contributed by atoms with Crippen molar-refractivity contribution in [3.05, 3.63) is 33.8 Å². The van der Waals surface area contributed by atoms with Crippen molar-refractivity contribution < 1.29 is 15.0 Å². The SMILES string of the molecule is Cc1cc(Br)cc(C(=O)NC(CO)CO)c1. The van der Waals surface area contributed by atoms with Crippen molar-refractivity contribution in [2.45, 2.75) is 13.0 Å². The minimum absolute atomic E-state index is 0.283. The Bertz CT molecular complexity index is 357. The number of amides is 1. The molecule has 3 N–H and O–H groups in total. The average molecular weight is 288 g/mol. The lowest BCUT2D eigenvalue weighted by atomic mass is 10.1. The number of aliphatic hydroxyl groups is 2. The van der Waals surface area contributed by atoms with E-state index in [9.17, 15) is 4.79 Å². The van der Waals surface area contributed by atoms with E-state index < -0.39 is 6.04 Å². The number of carbonyl (C=O) groups excluding carboxylic acids is 1. The van der Waals surface area contributed by atoms with Gasteiger partial charge in [0, 0.05) is 10.0 Å². The van der Waals surface area contributed by atoms with Crippen LogP contribution < -0.4 is 5.32 Å². The standard InChI is InChI=1S/C11H14BrNO3/c1-7-2-8(4-9(12)3-7)11(16)13-10(5-14)6-15/h2-4,10,14-15H,5-6H2,1H3,(H,13,16). The highest BCUT2D eigenvalue weighted by Crippen LogP contribution is 2.15. The first-order valence-corrected chi connectivity index (χ1v) is 5.66. The topological polar surface area (TPSA) is 69.6 Å². The fraction of sp³-hybridized carbons (Fsp3) is 0.364. The fourth-order valence-corrected chi connectivity index (χ4v) is 1.89. The molecule has 1 aromatic carbocycles. The van der Waals surface area contributed by atoms with Gasteiger partial charge in [0.25, 0.3) is 5.91 Å². The quantitative estimate of drug-likeness (QED) is 0.769. The Kier molecular flexibility index (Phi) is 4.92. The van der Waals surface area contributed by atoms with Gasteiger partial charge in [-0.1, -0.05) is 15.9 Å². The Hall–Kier alpha value is -0.910. The number of carbonyl (C=O) groups is 1. The normalized spacial score (nSPS) is 10.6. The second kappa shape index (κ2) is 5.98. The van der Waals surface area contributed by atoms with Crippen molar-refractivity contribution in [2.24, 2.45) is 0 Å². The number of benzene rings is 1. The highest BCUT2D eigenvalue weighted by molar-refractivity contribution is 9.10. The number of rotatable bonds is 4. The Morgan fingerprint density at radius 3 is 2.50 bits per heavy atom. The van der Waals surface area contributed by atoms with Gasteiger partial charge in [0.2, 0.25) is 0 Å². The summed E-state index contributed by atoms with van der Waals surface area (Å²) in [5, 5.41) is 20.2. The van der Waals surface area contributed by atoms with E-state index in [1.54, 1.807) is 12.1 Å². The molecule has 5 heteroatoms. The summed E-state index contributed by atoms with van der Waals surface area (Å²) < 4.78 is 0.821. The molecule has 16 heavy (non-hydrogen) atoms. The van der Waals surface area contributed by atoms with Crippen molar-refractivity contribution >= 4 is 21.8 Å². The Morgan fingerprint density at radius 1 is 1.38 bits per heavy atom. The summed E-state index contributed by atoms with van der Waals surface area (Å²) in [6.07, 6.45) is 0. The van der Waals surface area contributed by atoms with Gasteiger partial charge in [-0.15, -0.1) is 0 Å². The zero-order chi connectivity index (χ0) is 12.1. The van der Waals surface area contributed by atoms with Crippen LogP contribution in [0.3, 0.4) is 0 Å². The minimum Gasteiger partial charge on any atom is -0.394 e. The van der Waals surface area contributed by atoms with Crippen molar-refractivity contribution in [1.82, 2.24) is 5.32 Å². The van der Waals surface area contributed by atoms with E-state index >= 15 is 0 Å². The number of hydrogen-bond donors (Lipinski definition) is 3. The predicted octanol–water partition coefficient (Wildman–Crippen LogP) is 0.841. The number of nitrogens with one attached hydrogen (secondary N) is 1. The molecule has 1 rings (SSSR count). The smallest absolute Gasteiger partial charge is 0.251 e. The molecule has 0 atom stereocenters. The van der Waals surface area contributed by atoms with Crippen molar-refractivity contribution in [1.29, 1.82) is 0 Å². The molecule has 0 heterocycles. The lowest BCUT2D eigenvalue weighted by molar-refractivity contribution is 0.0879. The lowest BCUT2D eigenvalue weighted by Gasteiger charge is -2.13. The van der Waals surface area contributed by atoms with Crippen LogP contribution in [0.5, 0.6) is 0 Å². The van der Waals surface area contributed by atoms with Gasteiger partial charge in [-0.3, -0.25) is 4.79 Å². The molecular weight excluding hydrogens is 274 g/mol. The molecular formula is C11H14BrNO3. The fourth-order valence-electron chi connectivity index (χ4n) is 1.29. The van der Waals surface area contributed by atoms with Crippen molar-refractivity contribution in [3.63, 3.8) is 0 Å². The summed E-state index contributed by atoms with van der Waals surface area (Å²) in [5.41, 5.74) is 1.46. The summed E-state index contributed by atoms with van der Waals surface area (Å²) in [7, 11) is 0. The third kappa shape index (κ3) is 3.59. The maximum absolute atomic E-state index is 11.7. The van der Waals surface area contributed by atoms with Crippen LogP contribution in [-0.2, 0) is 0 Å². The molecule has 4 nitrogen and oxygen atoms in total. The van der Waals surface area contributed by atoms with Crippen LogP contribution in [-0.4, -0.2) is 35.4 Å². The van der Waals surface area contributed by atoms with Gasteiger partial charge in [0.1, 0.15) is 0 Å². The first-order valence-electron chi connectivity index (χ1n) is 4.86. The van der Waals surface area contributed by atoms with E-state index in [2.05, 4.69) is 21.2 Å². The van der Waals surface area contributed by atoms with E-state index in [-0.39, 0.29) is 19.1 Å². The van der Waals surface area contributed by atoms with Crippen LogP contribution in [0.1, 0.15) is 15.9 Å². The van der Waals surface area contributed by atoms with Gasteiger partial charge >= 0.3 is 0 Å². The molecule has 88 valence electrons. The molecule has 0 saturated heterocycles. The van der Waals surface area contributed by atoms with Gasteiger partial charge in [0.05, 0.1) is 19.3 Å². The van der Waals surface area contributed by atoms with Crippen LogP contribution in [0.15, 0.2) is 22.7 Å². The van der Waals surface area contributed by atoms with Crippen molar-refractivity contribution in [3.8, 4) is 0 Å². The predicted molar refractivity (Wildman–Crippen MR) is 64.3 cm³/mol. The molecule has 1 aromatic rings.